The number of carbonyl (C=O) groups excluding carboxylic acids is 1. The fraction of sp³-hybridized carbons (Fsp3) is 0.588. The lowest BCUT2D eigenvalue weighted by Gasteiger charge is -2.17. The van der Waals surface area contributed by atoms with Crippen molar-refractivity contribution in [2.75, 3.05) is 31.1 Å². The number of rotatable bonds is 7. The van der Waals surface area contributed by atoms with Gasteiger partial charge in [-0.05, 0) is 36.5 Å². The van der Waals surface area contributed by atoms with Crippen molar-refractivity contribution in [3.63, 3.8) is 0 Å². The Kier molecular flexibility index (Phi) is 6.05. The molecule has 1 saturated heterocycles. The van der Waals surface area contributed by atoms with Gasteiger partial charge in [-0.3, -0.25) is 4.79 Å². The fourth-order valence-corrected chi connectivity index (χ4v) is 2.50. The molecule has 1 amide bonds. The minimum absolute atomic E-state index is 0.0670. The van der Waals surface area contributed by atoms with Crippen LogP contribution in [0, 0.1) is 5.92 Å². The summed E-state index contributed by atoms with van der Waals surface area (Å²) in [4.78, 5) is 14.0. The van der Waals surface area contributed by atoms with E-state index in [1.807, 2.05) is 0 Å². The highest BCUT2D eigenvalue weighted by atomic mass is 16.1. The van der Waals surface area contributed by atoms with E-state index >= 15 is 0 Å². The maximum Gasteiger partial charge on any atom is 0.233 e. The van der Waals surface area contributed by atoms with Crippen LogP contribution >= 0.6 is 0 Å². The van der Waals surface area contributed by atoms with Crippen molar-refractivity contribution in [3.05, 3.63) is 29.8 Å². The summed E-state index contributed by atoms with van der Waals surface area (Å²) in [7, 11) is 0. The van der Waals surface area contributed by atoms with Gasteiger partial charge >= 0.3 is 0 Å². The molecular formula is C17H27N3O. The summed E-state index contributed by atoms with van der Waals surface area (Å²) in [5.74, 6) is 0.560. The SMILES string of the molecule is CC(C)CNC(=O)CNCc1ccc(N2CCCC2)cc1. The van der Waals surface area contributed by atoms with E-state index in [0.29, 0.717) is 12.5 Å². The maximum absolute atomic E-state index is 11.6. The summed E-state index contributed by atoms with van der Waals surface area (Å²) in [6, 6.07) is 8.65. The molecule has 0 atom stereocenters. The van der Waals surface area contributed by atoms with Gasteiger partial charge in [0.2, 0.25) is 5.91 Å². The molecule has 2 rings (SSSR count). The second kappa shape index (κ2) is 8.03. The molecule has 1 aromatic carbocycles. The number of nitrogens with one attached hydrogen (secondary N) is 2. The monoisotopic (exact) mass is 289 g/mol. The summed E-state index contributed by atoms with van der Waals surface area (Å²) in [6.45, 7) is 8.38. The van der Waals surface area contributed by atoms with Crippen molar-refractivity contribution >= 4 is 11.6 Å². The number of benzene rings is 1. The van der Waals surface area contributed by atoms with E-state index in [1.165, 1.54) is 37.2 Å². The predicted octanol–water partition coefficient (Wildman–Crippen LogP) is 2.15. The molecule has 0 unspecified atom stereocenters. The first kappa shape index (κ1) is 15.8. The van der Waals surface area contributed by atoms with E-state index in [4.69, 9.17) is 0 Å². The van der Waals surface area contributed by atoms with Gasteiger partial charge in [-0.15, -0.1) is 0 Å². The van der Waals surface area contributed by atoms with Gasteiger partial charge < -0.3 is 15.5 Å². The molecule has 1 heterocycles. The number of nitrogens with zero attached hydrogens (tertiary/aromatic N) is 1. The first-order chi connectivity index (χ1) is 10.1. The van der Waals surface area contributed by atoms with Crippen LogP contribution in [0.2, 0.25) is 0 Å². The molecule has 0 saturated carbocycles. The fourth-order valence-electron chi connectivity index (χ4n) is 2.50. The summed E-state index contributed by atoms with van der Waals surface area (Å²) in [6.07, 6.45) is 2.60. The number of anilines is 1. The van der Waals surface area contributed by atoms with E-state index in [-0.39, 0.29) is 5.91 Å². The molecule has 4 heteroatoms. The molecule has 4 nitrogen and oxygen atoms in total. The van der Waals surface area contributed by atoms with Crippen molar-refractivity contribution in [1.29, 1.82) is 0 Å². The zero-order valence-electron chi connectivity index (χ0n) is 13.2. The van der Waals surface area contributed by atoms with Gasteiger partial charge in [0.05, 0.1) is 6.54 Å². The molecule has 116 valence electrons. The standard InChI is InChI=1S/C17H27N3O/c1-14(2)11-19-17(21)13-18-12-15-5-7-16(8-6-15)20-9-3-4-10-20/h5-8,14,18H,3-4,9-13H2,1-2H3,(H,19,21). The van der Waals surface area contributed by atoms with Crippen molar-refractivity contribution in [3.8, 4) is 0 Å². The summed E-state index contributed by atoms with van der Waals surface area (Å²) >= 11 is 0. The first-order valence-corrected chi connectivity index (χ1v) is 7.96. The van der Waals surface area contributed by atoms with Crippen LogP contribution < -0.4 is 15.5 Å². The van der Waals surface area contributed by atoms with Gasteiger partial charge in [0.25, 0.3) is 0 Å². The minimum Gasteiger partial charge on any atom is -0.372 e. The van der Waals surface area contributed by atoms with Crippen LogP contribution in [0.15, 0.2) is 24.3 Å². The zero-order valence-corrected chi connectivity index (χ0v) is 13.2. The summed E-state index contributed by atoms with van der Waals surface area (Å²) in [5.41, 5.74) is 2.53. The Morgan fingerprint density at radius 1 is 1.19 bits per heavy atom. The number of hydrogen-bond donors (Lipinski definition) is 2. The average molecular weight is 289 g/mol. The van der Waals surface area contributed by atoms with E-state index in [9.17, 15) is 4.79 Å². The average Bonchev–Trinajstić information content (AvgIpc) is 3.00. The Morgan fingerprint density at radius 2 is 1.86 bits per heavy atom. The predicted molar refractivity (Wildman–Crippen MR) is 87.4 cm³/mol. The van der Waals surface area contributed by atoms with Gasteiger partial charge in [0, 0.05) is 31.9 Å². The van der Waals surface area contributed by atoms with E-state index < -0.39 is 0 Å². The van der Waals surface area contributed by atoms with Crippen LogP contribution in [0.3, 0.4) is 0 Å². The third-order valence-corrected chi connectivity index (χ3v) is 3.73. The van der Waals surface area contributed by atoms with Crippen molar-refractivity contribution in [2.24, 2.45) is 5.92 Å². The molecular weight excluding hydrogens is 262 g/mol. The Morgan fingerprint density at radius 3 is 2.48 bits per heavy atom. The number of carbonyl (C=O) groups is 1. The highest BCUT2D eigenvalue weighted by Crippen LogP contribution is 2.20. The smallest absolute Gasteiger partial charge is 0.233 e. The van der Waals surface area contributed by atoms with Gasteiger partial charge in [0.1, 0.15) is 0 Å². The van der Waals surface area contributed by atoms with Gasteiger partial charge in [-0.1, -0.05) is 26.0 Å². The molecule has 1 aromatic rings. The van der Waals surface area contributed by atoms with Crippen LogP contribution in [-0.2, 0) is 11.3 Å². The summed E-state index contributed by atoms with van der Waals surface area (Å²) in [5, 5.41) is 6.10. The Hall–Kier alpha value is -1.55. The number of amides is 1. The molecule has 1 aliphatic rings. The molecule has 1 aliphatic heterocycles. The van der Waals surface area contributed by atoms with Crippen LogP contribution in [0.4, 0.5) is 5.69 Å². The van der Waals surface area contributed by atoms with Gasteiger partial charge in [-0.2, -0.15) is 0 Å². The second-order valence-electron chi connectivity index (χ2n) is 6.16. The molecule has 0 aliphatic carbocycles. The van der Waals surface area contributed by atoms with Crippen LogP contribution in [-0.4, -0.2) is 32.1 Å². The molecule has 21 heavy (non-hydrogen) atoms. The first-order valence-electron chi connectivity index (χ1n) is 7.96. The molecule has 1 fully saturated rings. The third kappa shape index (κ3) is 5.38. The molecule has 0 radical (unpaired) electrons. The number of hydrogen-bond acceptors (Lipinski definition) is 3. The van der Waals surface area contributed by atoms with Crippen molar-refractivity contribution in [1.82, 2.24) is 10.6 Å². The zero-order chi connectivity index (χ0) is 15.1. The van der Waals surface area contributed by atoms with Crippen LogP contribution in [0.25, 0.3) is 0 Å². The largest absolute Gasteiger partial charge is 0.372 e. The molecule has 0 spiro atoms. The van der Waals surface area contributed by atoms with Crippen LogP contribution in [0.5, 0.6) is 0 Å². The maximum atomic E-state index is 11.6. The Balaban J connectivity index is 1.70. The second-order valence-corrected chi connectivity index (χ2v) is 6.16. The van der Waals surface area contributed by atoms with E-state index in [2.05, 4.69) is 53.6 Å². The lowest BCUT2D eigenvalue weighted by molar-refractivity contribution is -0.120. The lowest BCUT2D eigenvalue weighted by atomic mass is 10.2. The van der Waals surface area contributed by atoms with E-state index in [0.717, 1.165) is 13.1 Å². The van der Waals surface area contributed by atoms with Crippen molar-refractivity contribution < 1.29 is 4.79 Å². The Labute approximate surface area is 127 Å². The quantitative estimate of drug-likeness (QED) is 0.808. The lowest BCUT2D eigenvalue weighted by Crippen LogP contribution is -2.35. The minimum atomic E-state index is 0.0670. The third-order valence-electron chi connectivity index (χ3n) is 3.73. The summed E-state index contributed by atoms with van der Waals surface area (Å²) < 4.78 is 0. The van der Waals surface area contributed by atoms with Crippen molar-refractivity contribution in [2.45, 2.75) is 33.2 Å². The molecule has 2 N–H and O–H groups in total. The molecule has 0 bridgehead atoms. The van der Waals surface area contributed by atoms with E-state index in [1.54, 1.807) is 0 Å². The molecule has 0 aromatic heterocycles. The Bertz CT molecular complexity index is 436. The highest BCUT2D eigenvalue weighted by molar-refractivity contribution is 5.77. The van der Waals surface area contributed by atoms with Gasteiger partial charge in [-0.25, -0.2) is 0 Å². The topological polar surface area (TPSA) is 44.4 Å². The normalized spacial score (nSPS) is 14.7. The highest BCUT2D eigenvalue weighted by Gasteiger charge is 2.11. The van der Waals surface area contributed by atoms with Crippen LogP contribution in [0.1, 0.15) is 32.3 Å². The van der Waals surface area contributed by atoms with Gasteiger partial charge in [0.15, 0.2) is 0 Å².